The van der Waals surface area contributed by atoms with Crippen LogP contribution in [0.2, 0.25) is 5.02 Å². The van der Waals surface area contributed by atoms with Gasteiger partial charge in [0, 0.05) is 22.4 Å². The van der Waals surface area contributed by atoms with Crippen molar-refractivity contribution in [3.8, 4) is 5.75 Å². The molecular formula is C13H20ClNOS. The maximum absolute atomic E-state index is 6.06. The van der Waals surface area contributed by atoms with Gasteiger partial charge in [0.05, 0.1) is 7.11 Å². The Bertz CT molecular complexity index is 346. The van der Waals surface area contributed by atoms with E-state index in [-0.39, 0.29) is 0 Å². The molecule has 0 aromatic heterocycles. The minimum atomic E-state index is 0.290. The molecule has 2 nitrogen and oxygen atoms in total. The van der Waals surface area contributed by atoms with Crippen molar-refractivity contribution in [2.24, 2.45) is 0 Å². The van der Waals surface area contributed by atoms with Crippen molar-refractivity contribution in [1.29, 1.82) is 0 Å². The Hall–Kier alpha value is -0.380. The molecule has 0 fully saturated rings. The molecule has 0 amide bonds. The van der Waals surface area contributed by atoms with Crippen LogP contribution in [0.25, 0.3) is 0 Å². The monoisotopic (exact) mass is 273 g/mol. The number of benzene rings is 1. The molecule has 0 aliphatic heterocycles. The largest absolute Gasteiger partial charge is 0.496 e. The number of hydrogen-bond donors (Lipinski definition) is 1. The van der Waals surface area contributed by atoms with Gasteiger partial charge in [-0.15, -0.1) is 0 Å². The zero-order valence-electron chi connectivity index (χ0n) is 10.6. The van der Waals surface area contributed by atoms with Crippen LogP contribution in [0.4, 0.5) is 0 Å². The van der Waals surface area contributed by atoms with Crippen LogP contribution in [0.3, 0.4) is 0 Å². The lowest BCUT2D eigenvalue weighted by Crippen LogP contribution is -2.24. The van der Waals surface area contributed by atoms with Crippen molar-refractivity contribution in [2.75, 3.05) is 25.7 Å². The summed E-state index contributed by atoms with van der Waals surface area (Å²) < 4.78 is 5.40. The molecule has 0 saturated heterocycles. The van der Waals surface area contributed by atoms with E-state index in [9.17, 15) is 0 Å². The average molecular weight is 274 g/mol. The maximum atomic E-state index is 6.06. The summed E-state index contributed by atoms with van der Waals surface area (Å²) in [5, 5.41) is 4.28. The van der Waals surface area contributed by atoms with E-state index in [1.54, 1.807) is 7.11 Å². The van der Waals surface area contributed by atoms with Gasteiger partial charge < -0.3 is 10.1 Å². The fourth-order valence-electron chi connectivity index (χ4n) is 1.72. The first-order chi connectivity index (χ1) is 8.22. The van der Waals surface area contributed by atoms with Crippen molar-refractivity contribution in [1.82, 2.24) is 5.32 Å². The van der Waals surface area contributed by atoms with Gasteiger partial charge in [0.25, 0.3) is 0 Å². The molecule has 1 aromatic rings. The molecule has 17 heavy (non-hydrogen) atoms. The molecule has 1 N–H and O–H groups in total. The number of halogens is 1. The van der Waals surface area contributed by atoms with E-state index in [0.717, 1.165) is 35.1 Å². The van der Waals surface area contributed by atoms with E-state index in [0.29, 0.717) is 6.04 Å². The minimum Gasteiger partial charge on any atom is -0.496 e. The summed E-state index contributed by atoms with van der Waals surface area (Å²) in [6.07, 6.45) is 3.23. The molecule has 0 spiro atoms. The highest BCUT2D eigenvalue weighted by Crippen LogP contribution is 2.29. The van der Waals surface area contributed by atoms with E-state index in [4.69, 9.17) is 16.3 Å². The van der Waals surface area contributed by atoms with Crippen molar-refractivity contribution >= 4 is 23.4 Å². The standard InChI is InChI=1S/C13H20ClNOS/c1-4-7-15-12(9-17-3)11-8-10(14)5-6-13(11)16-2/h5-6,8,12,15H,4,7,9H2,1-3H3. The van der Waals surface area contributed by atoms with Crippen LogP contribution < -0.4 is 10.1 Å². The first kappa shape index (κ1) is 14.7. The first-order valence-corrected chi connectivity index (χ1v) is 7.55. The van der Waals surface area contributed by atoms with Gasteiger partial charge in [0.2, 0.25) is 0 Å². The quantitative estimate of drug-likeness (QED) is 0.818. The molecule has 0 aliphatic rings. The Balaban J connectivity index is 2.93. The average Bonchev–Trinajstić information content (AvgIpc) is 2.34. The highest BCUT2D eigenvalue weighted by molar-refractivity contribution is 7.98. The summed E-state index contributed by atoms with van der Waals surface area (Å²) in [7, 11) is 1.70. The Morgan fingerprint density at radius 3 is 2.82 bits per heavy atom. The third kappa shape index (κ3) is 4.41. The summed E-state index contributed by atoms with van der Waals surface area (Å²) in [4.78, 5) is 0. The number of thioether (sulfide) groups is 1. The topological polar surface area (TPSA) is 21.3 Å². The van der Waals surface area contributed by atoms with Crippen molar-refractivity contribution in [3.05, 3.63) is 28.8 Å². The molecule has 96 valence electrons. The van der Waals surface area contributed by atoms with Crippen LogP contribution in [0, 0.1) is 0 Å². The summed E-state index contributed by atoms with van der Waals surface area (Å²) in [5.74, 6) is 1.91. The van der Waals surface area contributed by atoms with E-state index in [2.05, 4.69) is 18.5 Å². The van der Waals surface area contributed by atoms with Gasteiger partial charge in [0.1, 0.15) is 5.75 Å². The third-order valence-corrected chi connectivity index (χ3v) is 3.44. The second kappa shape index (κ2) is 7.85. The number of nitrogens with one attached hydrogen (secondary N) is 1. The fraction of sp³-hybridized carbons (Fsp3) is 0.538. The Kier molecular flexibility index (Phi) is 6.78. The van der Waals surface area contributed by atoms with Crippen LogP contribution in [0.1, 0.15) is 24.9 Å². The van der Waals surface area contributed by atoms with E-state index < -0.39 is 0 Å². The molecule has 0 aliphatic carbocycles. The van der Waals surface area contributed by atoms with Crippen LogP contribution in [-0.2, 0) is 0 Å². The summed E-state index contributed by atoms with van der Waals surface area (Å²) >= 11 is 7.88. The molecule has 1 atom stereocenters. The van der Waals surface area contributed by atoms with Crippen molar-refractivity contribution < 1.29 is 4.74 Å². The zero-order valence-corrected chi connectivity index (χ0v) is 12.2. The molecule has 1 aromatic carbocycles. The van der Waals surface area contributed by atoms with Gasteiger partial charge in [-0.05, 0) is 37.4 Å². The van der Waals surface area contributed by atoms with E-state index in [1.165, 1.54) is 0 Å². The molecule has 1 unspecified atom stereocenters. The molecule has 1 rings (SSSR count). The first-order valence-electron chi connectivity index (χ1n) is 5.78. The molecule has 0 bridgehead atoms. The van der Waals surface area contributed by atoms with E-state index >= 15 is 0 Å². The van der Waals surface area contributed by atoms with Crippen LogP contribution >= 0.6 is 23.4 Å². The number of hydrogen-bond acceptors (Lipinski definition) is 3. The van der Waals surface area contributed by atoms with Gasteiger partial charge in [-0.25, -0.2) is 0 Å². The lowest BCUT2D eigenvalue weighted by Gasteiger charge is -2.20. The predicted octanol–water partition coefficient (Wildman–Crippen LogP) is 3.75. The van der Waals surface area contributed by atoms with Gasteiger partial charge in [0.15, 0.2) is 0 Å². The molecule has 0 saturated carbocycles. The second-order valence-electron chi connectivity index (χ2n) is 3.85. The number of ether oxygens (including phenoxy) is 1. The van der Waals surface area contributed by atoms with Crippen molar-refractivity contribution in [2.45, 2.75) is 19.4 Å². The van der Waals surface area contributed by atoms with E-state index in [1.807, 2.05) is 30.0 Å². The predicted molar refractivity (Wildman–Crippen MR) is 77.4 cm³/mol. The van der Waals surface area contributed by atoms with Crippen LogP contribution in [0.15, 0.2) is 18.2 Å². The second-order valence-corrected chi connectivity index (χ2v) is 5.20. The van der Waals surface area contributed by atoms with Gasteiger partial charge in [-0.3, -0.25) is 0 Å². The lowest BCUT2D eigenvalue weighted by atomic mass is 10.1. The molecular weight excluding hydrogens is 254 g/mol. The highest BCUT2D eigenvalue weighted by atomic mass is 35.5. The SMILES string of the molecule is CCCNC(CSC)c1cc(Cl)ccc1OC. The van der Waals surface area contributed by atoms with Crippen LogP contribution in [-0.4, -0.2) is 25.7 Å². The Morgan fingerprint density at radius 1 is 1.47 bits per heavy atom. The van der Waals surface area contributed by atoms with Gasteiger partial charge in [-0.2, -0.15) is 11.8 Å². The van der Waals surface area contributed by atoms with Gasteiger partial charge >= 0.3 is 0 Å². The number of methoxy groups -OCH3 is 1. The Morgan fingerprint density at radius 2 is 2.24 bits per heavy atom. The maximum Gasteiger partial charge on any atom is 0.123 e. The van der Waals surface area contributed by atoms with Gasteiger partial charge in [-0.1, -0.05) is 18.5 Å². The molecule has 0 radical (unpaired) electrons. The van der Waals surface area contributed by atoms with Crippen LogP contribution in [0.5, 0.6) is 5.75 Å². The molecule has 0 heterocycles. The molecule has 4 heteroatoms. The summed E-state index contributed by atoms with van der Waals surface area (Å²) in [5.41, 5.74) is 1.14. The smallest absolute Gasteiger partial charge is 0.123 e. The lowest BCUT2D eigenvalue weighted by molar-refractivity contribution is 0.402. The van der Waals surface area contributed by atoms with Crippen molar-refractivity contribution in [3.63, 3.8) is 0 Å². The zero-order chi connectivity index (χ0) is 12.7. The summed E-state index contributed by atoms with van der Waals surface area (Å²) in [6, 6.07) is 6.07. The minimum absolute atomic E-state index is 0.290. The highest BCUT2D eigenvalue weighted by Gasteiger charge is 2.15. The normalized spacial score (nSPS) is 12.5. The fourth-order valence-corrected chi connectivity index (χ4v) is 2.53. The number of rotatable bonds is 7. The third-order valence-electron chi connectivity index (χ3n) is 2.54. The Labute approximate surface area is 113 Å². The summed E-state index contributed by atoms with van der Waals surface area (Å²) in [6.45, 7) is 3.17.